The minimum Gasteiger partial charge on any atom is -0.390 e. The fraction of sp³-hybridized carbons (Fsp3) is 0.741. The van der Waals surface area contributed by atoms with E-state index in [1.54, 1.807) is 0 Å². The molecule has 1 aromatic rings. The van der Waals surface area contributed by atoms with Crippen LogP contribution in [0.15, 0.2) is 24.3 Å². The summed E-state index contributed by atoms with van der Waals surface area (Å²) in [7, 11) is 0. The van der Waals surface area contributed by atoms with Crippen molar-refractivity contribution in [3.8, 4) is 0 Å². The Kier molecular flexibility index (Phi) is 3.14. The summed E-state index contributed by atoms with van der Waals surface area (Å²) in [6.45, 7) is 8.14. The van der Waals surface area contributed by atoms with E-state index in [0.29, 0.717) is 29.1 Å². The number of hydrogen-bond acceptors (Lipinski definition) is 2. The second-order valence-corrected chi connectivity index (χ2v) is 12.8. The number of benzene rings is 1. The molecule has 1 saturated heterocycles. The summed E-state index contributed by atoms with van der Waals surface area (Å²) in [5, 5.41) is 11.1. The van der Waals surface area contributed by atoms with Gasteiger partial charge in [-0.25, -0.2) is 0 Å². The Morgan fingerprint density at radius 2 is 1.87 bits per heavy atom. The van der Waals surface area contributed by atoms with Gasteiger partial charge in [-0.15, -0.1) is 0 Å². The van der Waals surface area contributed by atoms with Crippen LogP contribution >= 0.6 is 0 Å². The molecule has 1 aliphatic heterocycles. The molecule has 6 aliphatic rings. The lowest BCUT2D eigenvalue weighted by atomic mass is 9.51. The first kappa shape index (κ1) is 18.2. The van der Waals surface area contributed by atoms with E-state index in [4.69, 9.17) is 0 Å². The monoisotopic (exact) mass is 405 g/mol. The summed E-state index contributed by atoms with van der Waals surface area (Å²) in [5.41, 5.74) is 3.12. The van der Waals surface area contributed by atoms with Gasteiger partial charge in [-0.05, 0) is 84.7 Å². The third-order valence-electron chi connectivity index (χ3n) is 11.6. The van der Waals surface area contributed by atoms with Crippen LogP contribution < -0.4 is 0 Å². The van der Waals surface area contributed by atoms with Crippen LogP contribution in [0, 0.1) is 34.5 Å². The molecule has 3 heteroatoms. The molecule has 3 nitrogen and oxygen atoms in total. The Hall–Kier alpha value is -1.35. The third-order valence-corrected chi connectivity index (χ3v) is 11.6. The molecule has 1 spiro atoms. The first-order valence-corrected chi connectivity index (χ1v) is 12.3. The van der Waals surface area contributed by atoms with E-state index in [1.165, 1.54) is 17.5 Å². The minimum atomic E-state index is -0.456. The molecule has 0 radical (unpaired) electrons. The number of hydrogen-bond donors (Lipinski definition) is 1. The maximum atomic E-state index is 14.1. The van der Waals surface area contributed by atoms with Gasteiger partial charge in [-0.2, -0.15) is 0 Å². The van der Waals surface area contributed by atoms with Gasteiger partial charge in [0.1, 0.15) is 0 Å². The molecule has 160 valence electrons. The van der Waals surface area contributed by atoms with E-state index in [9.17, 15) is 9.90 Å². The van der Waals surface area contributed by atoms with E-state index in [0.717, 1.165) is 45.1 Å². The summed E-state index contributed by atoms with van der Waals surface area (Å²) in [5.74, 6) is 2.34. The van der Waals surface area contributed by atoms with Crippen LogP contribution in [0.4, 0.5) is 0 Å². The SMILES string of the molecule is CC1(C)[C@H]2Cc3ccccc3[C@]1(C)CCN2C(=O)C1CC23CC2CC2(O)CC1C3C2. The van der Waals surface area contributed by atoms with Gasteiger partial charge in [0.2, 0.25) is 5.91 Å². The van der Waals surface area contributed by atoms with E-state index < -0.39 is 5.60 Å². The lowest BCUT2D eigenvalue weighted by Gasteiger charge is -2.61. The Morgan fingerprint density at radius 3 is 2.70 bits per heavy atom. The summed E-state index contributed by atoms with van der Waals surface area (Å²) < 4.78 is 0. The van der Waals surface area contributed by atoms with Crippen LogP contribution in [-0.4, -0.2) is 34.1 Å². The molecule has 1 heterocycles. The zero-order valence-corrected chi connectivity index (χ0v) is 18.7. The van der Waals surface area contributed by atoms with Crippen LogP contribution in [0.2, 0.25) is 0 Å². The molecular weight excluding hydrogens is 370 g/mol. The number of amides is 1. The molecule has 5 fully saturated rings. The van der Waals surface area contributed by atoms with Crippen LogP contribution in [0.25, 0.3) is 0 Å². The molecular formula is C27H35NO2. The number of likely N-dealkylation sites (tertiary alicyclic amines) is 1. The maximum absolute atomic E-state index is 14.1. The van der Waals surface area contributed by atoms with Gasteiger partial charge in [0.15, 0.2) is 0 Å². The highest BCUT2D eigenvalue weighted by molar-refractivity contribution is 5.81. The van der Waals surface area contributed by atoms with Crippen LogP contribution in [-0.2, 0) is 16.6 Å². The molecule has 4 bridgehead atoms. The highest BCUT2D eigenvalue weighted by Crippen LogP contribution is 2.79. The molecule has 30 heavy (non-hydrogen) atoms. The number of aliphatic hydroxyl groups is 1. The zero-order valence-electron chi connectivity index (χ0n) is 18.7. The molecule has 8 atom stereocenters. The molecule has 6 unspecified atom stereocenters. The van der Waals surface area contributed by atoms with Crippen molar-refractivity contribution in [1.29, 1.82) is 0 Å². The Labute approximate surface area is 180 Å². The van der Waals surface area contributed by atoms with Crippen molar-refractivity contribution < 1.29 is 9.90 Å². The summed E-state index contributed by atoms with van der Waals surface area (Å²) in [6, 6.07) is 9.24. The largest absolute Gasteiger partial charge is 0.390 e. The fourth-order valence-corrected chi connectivity index (χ4v) is 9.61. The number of rotatable bonds is 1. The molecule has 0 aromatic heterocycles. The van der Waals surface area contributed by atoms with Crippen LogP contribution in [0.5, 0.6) is 0 Å². The fourth-order valence-electron chi connectivity index (χ4n) is 9.61. The van der Waals surface area contributed by atoms with Crippen molar-refractivity contribution in [2.24, 2.45) is 34.5 Å². The van der Waals surface area contributed by atoms with E-state index in [2.05, 4.69) is 49.9 Å². The standard InChI is InChI=1S/C27H35NO2/c1-24(2)22-10-16-6-4-5-7-20(16)25(24,3)8-9-28(22)23(29)19-14-27-12-17(27)11-26(30)13-18(19)21(27)15-26/h4-7,17-19,21-22,30H,8-15H2,1-3H3/t17?,18?,19?,21?,22-,25+,26?,27?/m1/s1. The summed E-state index contributed by atoms with van der Waals surface area (Å²) in [4.78, 5) is 16.4. The number of fused-ring (bicyclic) bond motifs is 5. The Bertz CT molecular complexity index is 969. The van der Waals surface area contributed by atoms with Gasteiger partial charge in [0.25, 0.3) is 0 Å². The van der Waals surface area contributed by atoms with E-state index >= 15 is 0 Å². The van der Waals surface area contributed by atoms with Gasteiger partial charge in [-0.1, -0.05) is 45.0 Å². The van der Waals surface area contributed by atoms with Gasteiger partial charge in [0, 0.05) is 23.9 Å². The highest BCUT2D eigenvalue weighted by atomic mass is 16.3. The van der Waals surface area contributed by atoms with Gasteiger partial charge < -0.3 is 10.0 Å². The normalized spacial score (nSPS) is 51.3. The van der Waals surface area contributed by atoms with Gasteiger partial charge >= 0.3 is 0 Å². The zero-order chi connectivity index (χ0) is 20.7. The van der Waals surface area contributed by atoms with E-state index in [-0.39, 0.29) is 22.8 Å². The number of nitrogens with zero attached hydrogens (tertiary/aromatic N) is 1. The predicted molar refractivity (Wildman–Crippen MR) is 116 cm³/mol. The second-order valence-electron chi connectivity index (χ2n) is 12.8. The molecule has 5 aliphatic carbocycles. The van der Waals surface area contributed by atoms with Crippen LogP contribution in [0.3, 0.4) is 0 Å². The Balaban J connectivity index is 1.24. The summed E-state index contributed by atoms with van der Waals surface area (Å²) in [6.07, 6.45) is 7.29. The van der Waals surface area contributed by atoms with Crippen molar-refractivity contribution in [3.05, 3.63) is 35.4 Å². The highest BCUT2D eigenvalue weighted by Gasteiger charge is 2.75. The van der Waals surface area contributed by atoms with Crippen LogP contribution in [0.1, 0.15) is 70.4 Å². The smallest absolute Gasteiger partial charge is 0.226 e. The Morgan fingerprint density at radius 1 is 1.07 bits per heavy atom. The van der Waals surface area contributed by atoms with E-state index in [1.807, 2.05) is 0 Å². The topological polar surface area (TPSA) is 40.5 Å². The molecule has 4 saturated carbocycles. The molecule has 1 aromatic carbocycles. The van der Waals surface area contributed by atoms with Gasteiger partial charge in [0.05, 0.1) is 5.60 Å². The second kappa shape index (κ2) is 5.17. The molecule has 1 amide bonds. The first-order valence-electron chi connectivity index (χ1n) is 12.3. The first-order chi connectivity index (χ1) is 14.2. The van der Waals surface area contributed by atoms with Crippen molar-refractivity contribution in [2.45, 2.75) is 82.8 Å². The average Bonchev–Trinajstić information content (AvgIpc) is 3.16. The quantitative estimate of drug-likeness (QED) is 0.756. The van der Waals surface area contributed by atoms with Crippen molar-refractivity contribution in [2.75, 3.05) is 6.54 Å². The predicted octanol–water partition coefficient (Wildman–Crippen LogP) is 4.31. The minimum absolute atomic E-state index is 0.0700. The van der Waals surface area contributed by atoms with Gasteiger partial charge in [-0.3, -0.25) is 4.79 Å². The van der Waals surface area contributed by atoms with Crippen molar-refractivity contribution in [1.82, 2.24) is 4.90 Å². The van der Waals surface area contributed by atoms with Crippen molar-refractivity contribution in [3.63, 3.8) is 0 Å². The number of carbonyl (C=O) groups excluding carboxylic acids is 1. The number of piperidine rings is 1. The maximum Gasteiger partial charge on any atom is 0.226 e. The third kappa shape index (κ3) is 1.92. The summed E-state index contributed by atoms with van der Waals surface area (Å²) >= 11 is 0. The molecule has 7 rings (SSSR count). The lowest BCUT2D eigenvalue weighted by Crippen LogP contribution is -2.65. The van der Waals surface area contributed by atoms with Crippen molar-refractivity contribution >= 4 is 5.91 Å². The average molecular weight is 406 g/mol. The molecule has 1 N–H and O–H groups in total. The number of carbonyl (C=O) groups is 1. The lowest BCUT2D eigenvalue weighted by molar-refractivity contribution is -0.150.